The van der Waals surface area contributed by atoms with Crippen molar-refractivity contribution < 1.29 is 19.1 Å². The number of cyclic esters (lactones) is 1. The Balaban J connectivity index is 1.73. The Morgan fingerprint density at radius 3 is 2.87 bits per heavy atom. The molecule has 1 saturated heterocycles. The van der Waals surface area contributed by atoms with E-state index < -0.39 is 0 Å². The van der Waals surface area contributed by atoms with Crippen LogP contribution in [0.15, 0.2) is 24.3 Å². The van der Waals surface area contributed by atoms with E-state index in [2.05, 4.69) is 5.32 Å². The minimum absolute atomic E-state index is 0.0474. The Kier molecular flexibility index (Phi) is 6.26. The van der Waals surface area contributed by atoms with Gasteiger partial charge in [0, 0.05) is 18.7 Å². The number of benzene rings is 1. The molecular weight excluding hydrogens is 296 g/mol. The van der Waals surface area contributed by atoms with Crippen molar-refractivity contribution >= 4 is 12.0 Å². The lowest BCUT2D eigenvalue weighted by Crippen LogP contribution is -2.31. The number of hydrogen-bond donors (Lipinski definition) is 1. The van der Waals surface area contributed by atoms with Crippen LogP contribution in [0.1, 0.15) is 25.8 Å². The fourth-order valence-corrected chi connectivity index (χ4v) is 2.38. The summed E-state index contributed by atoms with van der Waals surface area (Å²) in [5, 5.41) is 2.88. The highest BCUT2D eigenvalue weighted by atomic mass is 16.6. The first kappa shape index (κ1) is 17.1. The standard InChI is InChI=1S/C17H24N2O4/c1-13(2)23-15-7-4-3-6-14(15)12-16(20)18-8-5-9-19-10-11-22-17(19)21/h3-4,6-7,13H,5,8-12H2,1-2H3,(H,18,20). The van der Waals surface area contributed by atoms with E-state index in [4.69, 9.17) is 9.47 Å². The Morgan fingerprint density at radius 1 is 1.39 bits per heavy atom. The van der Waals surface area contributed by atoms with Crippen molar-refractivity contribution in [3.63, 3.8) is 0 Å². The lowest BCUT2D eigenvalue weighted by Gasteiger charge is -2.15. The van der Waals surface area contributed by atoms with Crippen molar-refractivity contribution in [2.45, 2.75) is 32.8 Å². The van der Waals surface area contributed by atoms with Gasteiger partial charge in [-0.05, 0) is 26.3 Å². The Hall–Kier alpha value is -2.24. The van der Waals surface area contributed by atoms with Crippen LogP contribution in [0, 0.1) is 0 Å². The van der Waals surface area contributed by atoms with Gasteiger partial charge in [0.2, 0.25) is 5.91 Å². The van der Waals surface area contributed by atoms with Crippen molar-refractivity contribution in [3.8, 4) is 5.75 Å². The SMILES string of the molecule is CC(C)Oc1ccccc1CC(=O)NCCCN1CCOC1=O. The largest absolute Gasteiger partial charge is 0.491 e. The van der Waals surface area contributed by atoms with E-state index >= 15 is 0 Å². The summed E-state index contributed by atoms with van der Waals surface area (Å²) in [7, 11) is 0. The molecular formula is C17H24N2O4. The summed E-state index contributed by atoms with van der Waals surface area (Å²) in [6.45, 7) is 6.15. The summed E-state index contributed by atoms with van der Waals surface area (Å²) >= 11 is 0. The van der Waals surface area contributed by atoms with E-state index in [1.165, 1.54) is 0 Å². The molecule has 1 N–H and O–H groups in total. The summed E-state index contributed by atoms with van der Waals surface area (Å²) < 4.78 is 10.6. The number of nitrogens with zero attached hydrogens (tertiary/aromatic N) is 1. The fourth-order valence-electron chi connectivity index (χ4n) is 2.38. The topological polar surface area (TPSA) is 67.9 Å². The smallest absolute Gasteiger partial charge is 0.409 e. The van der Waals surface area contributed by atoms with Gasteiger partial charge in [-0.2, -0.15) is 0 Å². The quantitative estimate of drug-likeness (QED) is 0.744. The molecule has 0 aliphatic carbocycles. The third-order valence-electron chi connectivity index (χ3n) is 3.46. The first-order valence-electron chi connectivity index (χ1n) is 7.99. The lowest BCUT2D eigenvalue weighted by atomic mass is 10.1. The first-order chi connectivity index (χ1) is 11.1. The number of carbonyl (C=O) groups is 2. The molecule has 0 unspecified atom stereocenters. The fraction of sp³-hybridized carbons (Fsp3) is 0.529. The molecule has 1 aliphatic heterocycles. The van der Waals surface area contributed by atoms with Gasteiger partial charge in [0.15, 0.2) is 0 Å². The van der Waals surface area contributed by atoms with Crippen molar-refractivity contribution in [1.29, 1.82) is 0 Å². The zero-order chi connectivity index (χ0) is 16.7. The molecule has 6 nitrogen and oxygen atoms in total. The number of amides is 2. The zero-order valence-corrected chi connectivity index (χ0v) is 13.7. The molecule has 1 aromatic rings. The second-order valence-corrected chi connectivity index (χ2v) is 5.76. The predicted octanol–water partition coefficient (Wildman–Crippen LogP) is 1.97. The van der Waals surface area contributed by atoms with Gasteiger partial charge < -0.3 is 19.7 Å². The van der Waals surface area contributed by atoms with Crippen molar-refractivity contribution in [1.82, 2.24) is 10.2 Å². The number of ether oxygens (including phenoxy) is 2. The lowest BCUT2D eigenvalue weighted by molar-refractivity contribution is -0.120. The van der Waals surface area contributed by atoms with Crippen molar-refractivity contribution in [2.75, 3.05) is 26.2 Å². The van der Waals surface area contributed by atoms with Gasteiger partial charge >= 0.3 is 6.09 Å². The molecule has 126 valence electrons. The van der Waals surface area contributed by atoms with Crippen LogP contribution < -0.4 is 10.1 Å². The predicted molar refractivity (Wildman–Crippen MR) is 86.5 cm³/mol. The van der Waals surface area contributed by atoms with Crippen molar-refractivity contribution in [3.05, 3.63) is 29.8 Å². The molecule has 2 amide bonds. The van der Waals surface area contributed by atoms with Crippen LogP contribution in [0.4, 0.5) is 4.79 Å². The minimum Gasteiger partial charge on any atom is -0.491 e. The molecule has 1 heterocycles. The molecule has 6 heteroatoms. The summed E-state index contributed by atoms with van der Waals surface area (Å²) in [6, 6.07) is 7.57. The molecule has 2 rings (SSSR count). The average Bonchev–Trinajstić information content (AvgIpc) is 2.90. The van der Waals surface area contributed by atoms with Gasteiger partial charge in [-0.1, -0.05) is 18.2 Å². The van der Waals surface area contributed by atoms with Gasteiger partial charge in [-0.25, -0.2) is 4.79 Å². The van der Waals surface area contributed by atoms with E-state index in [0.717, 1.165) is 11.3 Å². The average molecular weight is 320 g/mol. The molecule has 1 fully saturated rings. The number of carbonyl (C=O) groups excluding carboxylic acids is 2. The Bertz CT molecular complexity index is 545. The number of nitrogens with one attached hydrogen (secondary N) is 1. The Morgan fingerprint density at radius 2 is 2.17 bits per heavy atom. The molecule has 1 aromatic carbocycles. The minimum atomic E-state index is -0.268. The van der Waals surface area contributed by atoms with Crippen LogP contribution in [0.25, 0.3) is 0 Å². The van der Waals surface area contributed by atoms with E-state index in [1.54, 1.807) is 4.90 Å². The molecule has 0 aromatic heterocycles. The Labute approximate surface area is 136 Å². The van der Waals surface area contributed by atoms with E-state index in [9.17, 15) is 9.59 Å². The van der Waals surface area contributed by atoms with Crippen LogP contribution in [0.3, 0.4) is 0 Å². The van der Waals surface area contributed by atoms with Gasteiger partial charge in [0.25, 0.3) is 0 Å². The molecule has 0 bridgehead atoms. The van der Waals surface area contributed by atoms with Gasteiger partial charge in [0.05, 0.1) is 19.1 Å². The number of hydrogen-bond acceptors (Lipinski definition) is 4. The highest BCUT2D eigenvalue weighted by molar-refractivity contribution is 5.79. The number of rotatable bonds is 8. The third-order valence-corrected chi connectivity index (χ3v) is 3.46. The van der Waals surface area contributed by atoms with Crippen LogP contribution in [-0.2, 0) is 16.0 Å². The van der Waals surface area contributed by atoms with E-state index in [0.29, 0.717) is 32.7 Å². The monoisotopic (exact) mass is 320 g/mol. The molecule has 23 heavy (non-hydrogen) atoms. The number of para-hydroxylation sites is 1. The summed E-state index contributed by atoms with van der Waals surface area (Å²) in [5.74, 6) is 0.700. The normalized spacial score (nSPS) is 14.0. The molecule has 0 atom stereocenters. The van der Waals surface area contributed by atoms with Crippen LogP contribution >= 0.6 is 0 Å². The third kappa shape index (κ3) is 5.47. The second-order valence-electron chi connectivity index (χ2n) is 5.76. The highest BCUT2D eigenvalue weighted by Crippen LogP contribution is 2.19. The van der Waals surface area contributed by atoms with Crippen LogP contribution in [0.5, 0.6) is 5.75 Å². The zero-order valence-electron chi connectivity index (χ0n) is 13.7. The maximum absolute atomic E-state index is 12.0. The highest BCUT2D eigenvalue weighted by Gasteiger charge is 2.20. The van der Waals surface area contributed by atoms with Gasteiger partial charge in [-0.3, -0.25) is 4.79 Å². The van der Waals surface area contributed by atoms with E-state index in [-0.39, 0.29) is 24.5 Å². The van der Waals surface area contributed by atoms with Gasteiger partial charge in [0.1, 0.15) is 12.4 Å². The molecule has 0 radical (unpaired) electrons. The van der Waals surface area contributed by atoms with Crippen LogP contribution in [0.2, 0.25) is 0 Å². The van der Waals surface area contributed by atoms with Gasteiger partial charge in [-0.15, -0.1) is 0 Å². The summed E-state index contributed by atoms with van der Waals surface area (Å²) in [6.07, 6.45) is 0.801. The molecule has 0 spiro atoms. The summed E-state index contributed by atoms with van der Waals surface area (Å²) in [4.78, 5) is 25.0. The van der Waals surface area contributed by atoms with Crippen LogP contribution in [-0.4, -0.2) is 49.2 Å². The first-order valence-corrected chi connectivity index (χ1v) is 7.99. The maximum atomic E-state index is 12.0. The van der Waals surface area contributed by atoms with Crippen molar-refractivity contribution in [2.24, 2.45) is 0 Å². The second kappa shape index (κ2) is 8.41. The van der Waals surface area contributed by atoms with E-state index in [1.807, 2.05) is 38.1 Å². The summed E-state index contributed by atoms with van der Waals surface area (Å²) in [5.41, 5.74) is 0.877. The molecule has 1 aliphatic rings. The maximum Gasteiger partial charge on any atom is 0.409 e. The molecule has 0 saturated carbocycles.